The summed E-state index contributed by atoms with van der Waals surface area (Å²) >= 11 is 0. The molecule has 0 heterocycles. The van der Waals surface area contributed by atoms with Gasteiger partial charge >= 0.3 is 0 Å². The first kappa shape index (κ1) is 16.0. The normalized spacial score (nSPS) is 18.7. The van der Waals surface area contributed by atoms with Gasteiger partial charge in [0.15, 0.2) is 0 Å². The van der Waals surface area contributed by atoms with Crippen LogP contribution in [0.2, 0.25) is 0 Å². The molecule has 1 aliphatic rings. The number of rotatable bonds is 3. The van der Waals surface area contributed by atoms with Crippen molar-refractivity contribution in [1.82, 2.24) is 4.72 Å². The average Bonchev–Trinajstić information content (AvgIpc) is 2.54. The van der Waals surface area contributed by atoms with Crippen LogP contribution in [0.3, 0.4) is 0 Å². The van der Waals surface area contributed by atoms with Gasteiger partial charge in [0.25, 0.3) is 0 Å². The summed E-state index contributed by atoms with van der Waals surface area (Å²) in [4.78, 5) is 0. The number of allylic oxidation sites excluding steroid dienone is 1. The monoisotopic (exact) mass is 325 g/mol. The third kappa shape index (κ3) is 3.56. The highest BCUT2D eigenvalue weighted by Crippen LogP contribution is 2.37. The highest BCUT2D eigenvalue weighted by molar-refractivity contribution is 7.84. The van der Waals surface area contributed by atoms with Crippen molar-refractivity contribution >= 4 is 17.1 Å². The Hall–Kier alpha value is -1.87. The Balaban J connectivity index is 1.96. The van der Waals surface area contributed by atoms with Gasteiger partial charge < -0.3 is 4.72 Å². The minimum atomic E-state index is -1.10. The van der Waals surface area contributed by atoms with E-state index >= 15 is 0 Å². The second-order valence-electron chi connectivity index (χ2n) is 6.95. The molecule has 0 fully saturated rings. The molecule has 0 saturated carbocycles. The minimum absolute atomic E-state index is 0.278. The Bertz CT molecular complexity index is 744. The van der Waals surface area contributed by atoms with E-state index in [1.54, 1.807) is 0 Å². The fourth-order valence-electron chi connectivity index (χ4n) is 2.86. The zero-order chi connectivity index (χ0) is 16.4. The number of hydrogen-bond acceptors (Lipinski definition) is 1. The molecule has 0 bridgehead atoms. The molecule has 2 aromatic carbocycles. The fraction of sp³-hybridized carbons (Fsp3) is 0.300. The average molecular weight is 325 g/mol. The molecule has 3 heteroatoms. The van der Waals surface area contributed by atoms with E-state index in [0.717, 1.165) is 12.1 Å². The van der Waals surface area contributed by atoms with Gasteiger partial charge in [0, 0.05) is 11.6 Å². The van der Waals surface area contributed by atoms with Gasteiger partial charge in [-0.1, -0.05) is 54.6 Å². The van der Waals surface area contributed by atoms with Crippen LogP contribution >= 0.6 is 0 Å². The lowest BCUT2D eigenvalue weighted by Crippen LogP contribution is -2.33. The Morgan fingerprint density at radius 3 is 2.35 bits per heavy atom. The summed E-state index contributed by atoms with van der Waals surface area (Å²) in [7, 11) is -1.10. The van der Waals surface area contributed by atoms with E-state index in [9.17, 15) is 4.21 Å². The Morgan fingerprint density at radius 2 is 1.65 bits per heavy atom. The van der Waals surface area contributed by atoms with E-state index in [2.05, 4.69) is 59.3 Å². The number of benzene rings is 2. The molecule has 3 rings (SSSR count). The van der Waals surface area contributed by atoms with Crippen LogP contribution in [0.5, 0.6) is 0 Å². The third-order valence-electron chi connectivity index (χ3n) is 4.11. The maximum atomic E-state index is 12.4. The van der Waals surface area contributed by atoms with Crippen LogP contribution in [0.15, 0.2) is 60.3 Å². The first-order chi connectivity index (χ1) is 10.9. The van der Waals surface area contributed by atoms with Gasteiger partial charge in [-0.25, -0.2) is 4.21 Å². The fourth-order valence-corrected chi connectivity index (χ4v) is 3.55. The molecule has 2 unspecified atom stereocenters. The summed E-state index contributed by atoms with van der Waals surface area (Å²) < 4.78 is 15.4. The van der Waals surface area contributed by atoms with Crippen LogP contribution in [-0.4, -0.2) is 8.96 Å². The van der Waals surface area contributed by atoms with Gasteiger partial charge in [-0.3, -0.25) is 0 Å². The molecule has 120 valence electrons. The molecule has 23 heavy (non-hydrogen) atoms. The molecule has 0 aliphatic heterocycles. The highest BCUT2D eigenvalue weighted by atomic mass is 32.2. The molecule has 2 nitrogen and oxygen atoms in total. The standard InChI is InChI=1S/C20H23NOS/c1-20(2,3)23(22)21-17-13-16-11-7-8-12-18(16)19(14-17)15-9-5-4-6-10-15/h4-13,19,21H,14H2,1-3H3. The van der Waals surface area contributed by atoms with E-state index in [-0.39, 0.29) is 4.75 Å². The summed E-state index contributed by atoms with van der Waals surface area (Å²) in [6, 6.07) is 19.0. The van der Waals surface area contributed by atoms with Crippen molar-refractivity contribution in [3.8, 4) is 0 Å². The molecular weight excluding hydrogens is 302 g/mol. The summed E-state index contributed by atoms with van der Waals surface area (Å²) in [6.07, 6.45) is 2.99. The lowest BCUT2D eigenvalue weighted by molar-refractivity contribution is 0.638. The molecule has 0 amide bonds. The molecule has 0 saturated heterocycles. The summed E-state index contributed by atoms with van der Waals surface area (Å²) in [5, 5.41) is 0. The van der Waals surface area contributed by atoms with E-state index in [1.165, 1.54) is 16.7 Å². The largest absolute Gasteiger partial charge is 0.308 e. The van der Waals surface area contributed by atoms with Crippen LogP contribution in [0.1, 0.15) is 49.8 Å². The predicted octanol–water partition coefficient (Wildman–Crippen LogP) is 4.61. The van der Waals surface area contributed by atoms with Crippen molar-refractivity contribution in [2.24, 2.45) is 0 Å². The van der Waals surface area contributed by atoms with Gasteiger partial charge in [-0.2, -0.15) is 0 Å². The van der Waals surface area contributed by atoms with Crippen LogP contribution in [-0.2, 0) is 11.0 Å². The molecule has 1 N–H and O–H groups in total. The third-order valence-corrected chi connectivity index (χ3v) is 5.67. The first-order valence-electron chi connectivity index (χ1n) is 7.98. The molecule has 1 aliphatic carbocycles. The van der Waals surface area contributed by atoms with E-state index in [4.69, 9.17) is 0 Å². The second-order valence-corrected chi connectivity index (χ2v) is 8.92. The lowest BCUT2D eigenvalue weighted by atomic mass is 9.81. The summed E-state index contributed by atoms with van der Waals surface area (Å²) in [6.45, 7) is 5.96. The molecule has 0 radical (unpaired) electrons. The van der Waals surface area contributed by atoms with E-state index < -0.39 is 11.0 Å². The number of nitrogens with one attached hydrogen (secondary N) is 1. The zero-order valence-electron chi connectivity index (χ0n) is 13.9. The van der Waals surface area contributed by atoms with Crippen molar-refractivity contribution in [3.63, 3.8) is 0 Å². The Kier molecular flexibility index (Phi) is 4.40. The van der Waals surface area contributed by atoms with Gasteiger partial charge in [0.2, 0.25) is 0 Å². The Labute approximate surface area is 141 Å². The summed E-state index contributed by atoms with van der Waals surface area (Å²) in [5.41, 5.74) is 4.89. The molecule has 2 aromatic rings. The van der Waals surface area contributed by atoms with Crippen molar-refractivity contribution in [2.75, 3.05) is 0 Å². The van der Waals surface area contributed by atoms with Crippen LogP contribution < -0.4 is 4.72 Å². The molecule has 0 spiro atoms. The van der Waals surface area contributed by atoms with E-state index in [1.807, 2.05) is 26.8 Å². The highest BCUT2D eigenvalue weighted by Gasteiger charge is 2.26. The van der Waals surface area contributed by atoms with Crippen LogP contribution in [0.4, 0.5) is 0 Å². The quantitative estimate of drug-likeness (QED) is 0.877. The smallest absolute Gasteiger partial charge is 0.122 e. The Morgan fingerprint density at radius 1 is 1.00 bits per heavy atom. The maximum absolute atomic E-state index is 12.4. The predicted molar refractivity (Wildman–Crippen MR) is 98.4 cm³/mol. The molecule has 0 aromatic heterocycles. The van der Waals surface area contributed by atoms with Crippen LogP contribution in [0, 0.1) is 0 Å². The van der Waals surface area contributed by atoms with Gasteiger partial charge in [-0.15, -0.1) is 0 Å². The van der Waals surface area contributed by atoms with Crippen molar-refractivity contribution < 1.29 is 4.21 Å². The van der Waals surface area contributed by atoms with Gasteiger partial charge in [0.05, 0.1) is 4.75 Å². The number of hydrogen-bond donors (Lipinski definition) is 1. The lowest BCUT2D eigenvalue weighted by Gasteiger charge is -2.28. The maximum Gasteiger partial charge on any atom is 0.122 e. The zero-order valence-corrected chi connectivity index (χ0v) is 14.7. The second kappa shape index (κ2) is 6.32. The topological polar surface area (TPSA) is 29.1 Å². The molecule has 2 atom stereocenters. The van der Waals surface area contributed by atoms with E-state index in [0.29, 0.717) is 5.92 Å². The molecular formula is C20H23NOS. The first-order valence-corrected chi connectivity index (χ1v) is 9.13. The summed E-state index contributed by atoms with van der Waals surface area (Å²) in [5.74, 6) is 0.303. The number of fused-ring (bicyclic) bond motifs is 1. The van der Waals surface area contributed by atoms with Gasteiger partial charge in [0.1, 0.15) is 11.0 Å². The van der Waals surface area contributed by atoms with Gasteiger partial charge in [-0.05, 0) is 50.0 Å². The van der Waals surface area contributed by atoms with Crippen molar-refractivity contribution in [2.45, 2.75) is 37.9 Å². The minimum Gasteiger partial charge on any atom is -0.308 e. The SMILES string of the molecule is CC(C)(C)S(=O)NC1=Cc2ccccc2C(c2ccccc2)C1. The van der Waals surface area contributed by atoms with Crippen molar-refractivity contribution in [3.05, 3.63) is 77.0 Å². The van der Waals surface area contributed by atoms with Crippen LogP contribution in [0.25, 0.3) is 6.08 Å². The van der Waals surface area contributed by atoms with Crippen molar-refractivity contribution in [1.29, 1.82) is 0 Å².